The fourth-order valence-electron chi connectivity index (χ4n) is 17.3. The van der Waals surface area contributed by atoms with Gasteiger partial charge in [-0.25, -0.2) is 67.1 Å². The number of hydrogen-bond acceptors (Lipinski definition) is 35. The summed E-state index contributed by atoms with van der Waals surface area (Å²) in [6, 6.07) is -27.5. The van der Waals surface area contributed by atoms with E-state index in [1.54, 1.807) is 48.5 Å². The monoisotopic (exact) mass is 2120 g/mol. The molecule has 14 bridgehead atoms. The Morgan fingerprint density at radius 1 is 0.150 bits per heavy atom. The third kappa shape index (κ3) is 34.8. The lowest BCUT2D eigenvalue weighted by molar-refractivity contribution is -0.368. The van der Waals surface area contributed by atoms with Crippen molar-refractivity contribution in [1.29, 1.82) is 0 Å². The molecule has 21 rings (SSSR count). The second-order valence-corrected chi connectivity index (χ2v) is 34.3. The van der Waals surface area contributed by atoms with Gasteiger partial charge in [0.15, 0.2) is 44.0 Å². The van der Waals surface area contributed by atoms with Crippen LogP contribution in [0.5, 0.6) is 0 Å². The zero-order chi connectivity index (χ0) is 108. The molecule has 0 radical (unpaired) electrons. The van der Waals surface area contributed by atoms with Crippen molar-refractivity contribution in [1.82, 2.24) is 149 Å². The summed E-state index contributed by atoms with van der Waals surface area (Å²) in [6.45, 7) is 15.9. The second-order valence-electron chi connectivity index (χ2n) is 34.3. The highest BCUT2D eigenvalue weighted by molar-refractivity contribution is 5.79. The van der Waals surface area contributed by atoms with Crippen LogP contribution < -0.4 is 149 Å². The molecule has 0 aromatic carbocycles. The van der Waals surface area contributed by atoms with Crippen molar-refractivity contribution in [2.45, 2.75) is 311 Å². The minimum Gasteiger partial charge on any atom is -0.386 e. The Morgan fingerprint density at radius 2 is 0.245 bits per heavy atom. The van der Waals surface area contributed by atoms with Gasteiger partial charge < -0.3 is 251 Å². The van der Waals surface area contributed by atoms with E-state index in [9.17, 15) is 103 Å². The first-order chi connectivity index (χ1) is 70.4. The first kappa shape index (κ1) is 121. The zero-order valence-corrected chi connectivity index (χ0v) is 84.6. The maximum absolute atomic E-state index is 14.5. The lowest BCUT2D eigenvalue weighted by atomic mass is 9.91. The molecule has 21 aliphatic heterocycles. The Morgan fingerprint density at radius 3 is 0.340 bits per heavy atom. The maximum Gasteiger partial charge on any atom is 0.315 e. The summed E-state index contributed by atoms with van der Waals surface area (Å²) >= 11 is 0. The Bertz CT molecular complexity index is 3460. The highest BCUT2D eigenvalue weighted by Crippen LogP contribution is 2.40. The molecule has 21 saturated heterocycles. The lowest BCUT2D eigenvalue weighted by Crippen LogP contribution is -2.74. The molecular formula is C84H154N28O35. The molecule has 63 nitrogen and oxygen atoms in total. The molecular weight excluding hydrogens is 1960 g/mol. The van der Waals surface area contributed by atoms with Gasteiger partial charge in [0.25, 0.3) is 0 Å². The van der Waals surface area contributed by atoms with E-state index >= 15 is 0 Å². The van der Waals surface area contributed by atoms with E-state index in [4.69, 9.17) is 66.3 Å². The number of aliphatic hydroxyl groups excluding tert-OH is 7. The van der Waals surface area contributed by atoms with E-state index in [0.717, 1.165) is 0 Å². The van der Waals surface area contributed by atoms with Gasteiger partial charge in [-0.2, -0.15) is 0 Å². The van der Waals surface area contributed by atoms with Crippen LogP contribution >= 0.6 is 0 Å². The molecule has 0 aromatic rings. The van der Waals surface area contributed by atoms with Gasteiger partial charge in [0.05, 0.1) is 42.3 Å². The topological polar surface area (TPSA) is 847 Å². The van der Waals surface area contributed by atoms with Crippen LogP contribution in [0.1, 0.15) is 96.9 Å². The van der Waals surface area contributed by atoms with E-state index in [-0.39, 0.29) is 91.6 Å². The van der Waals surface area contributed by atoms with Gasteiger partial charge in [-0.05, 0) is 96.9 Å². The molecule has 21 aliphatic rings. The van der Waals surface area contributed by atoms with Crippen LogP contribution in [-0.2, 0) is 66.3 Å². The van der Waals surface area contributed by atoms with Crippen molar-refractivity contribution < 1.29 is 169 Å². The average molecular weight is 2120 g/mol. The second kappa shape index (κ2) is 61.2. The first-order valence-electron chi connectivity index (χ1n) is 49.8. The normalized spacial score (nSPS) is 33.6. The Kier molecular flexibility index (Phi) is 50.4. The summed E-state index contributed by atoms with van der Waals surface area (Å²) in [5.74, 6) is 0. The van der Waals surface area contributed by atoms with Crippen molar-refractivity contribution >= 4 is 84.4 Å². The maximum atomic E-state index is 14.5. The Labute approximate surface area is 848 Å². The third-order valence-electron chi connectivity index (χ3n) is 23.8. The fraction of sp³-hybridized carbons (Fsp3) is 0.833. The fourth-order valence-corrected chi connectivity index (χ4v) is 17.3. The molecule has 35 atom stereocenters. The number of urea groups is 14. The van der Waals surface area contributed by atoms with E-state index in [1.165, 1.54) is 48.5 Å². The average Bonchev–Trinajstić information content (AvgIpc) is 0.863. The molecule has 63 heteroatoms. The SMILES string of the molecule is CCNC(=O)NC[C@H]1O[C@@H]2O[C@H]3[C@@H](NC(=O)NCC)[C@H](O)[C@@H](O[C@H]4[C@@H](NC(=O)NCC)[C@H](O)[C@@H](O[C@H]5[C@@H](NC(=O)NCC)[C@H](O)[C@@H](O[C@H]6[C@@H](NC(=O)NCC)[C@H](O)[C@@H](O[C@H]7[C@@H](NC(=O)NCC)[C@H](O)[C@@H](O[C@H]8[C@@H](NC(=O)NCC)[C@H](O)[C@@H](O[C@H]1[C@@H](NC(=O)NCC)[C@@H]2O)O[C@@H]8CNC(=O)NCC)O[C@@H]7CNC(=O)NCC)O[C@@H]6CNC(=O)NCC)O[C@@H]5CNC(=O)NCC)O[C@@H]4CNC(=O)NCC)O[C@@H]3CNC(=O)NCC. The number of aliphatic hydroxyl groups is 7. The van der Waals surface area contributed by atoms with Gasteiger partial charge in [0.2, 0.25) is 0 Å². The van der Waals surface area contributed by atoms with Crippen LogP contribution in [0.15, 0.2) is 0 Å². The van der Waals surface area contributed by atoms with Gasteiger partial charge >= 0.3 is 84.4 Å². The largest absolute Gasteiger partial charge is 0.386 e. The number of carbonyl (C=O) groups excluding carboxylic acids is 14. The van der Waals surface area contributed by atoms with Crippen molar-refractivity contribution in [2.75, 3.05) is 137 Å². The summed E-state index contributed by atoms with van der Waals surface area (Å²) < 4.78 is 94.9. The highest BCUT2D eigenvalue weighted by atomic mass is 16.8. The van der Waals surface area contributed by atoms with Crippen LogP contribution in [0.3, 0.4) is 0 Å². The molecule has 21 heterocycles. The third-order valence-corrected chi connectivity index (χ3v) is 23.8. The van der Waals surface area contributed by atoms with E-state index in [0.29, 0.717) is 0 Å². The van der Waals surface area contributed by atoms with Gasteiger partial charge in [-0.3, -0.25) is 0 Å². The van der Waals surface area contributed by atoms with Gasteiger partial charge in [0, 0.05) is 137 Å². The van der Waals surface area contributed by atoms with Crippen LogP contribution in [0, 0.1) is 0 Å². The smallest absolute Gasteiger partial charge is 0.315 e. The molecule has 0 unspecified atom stereocenters. The molecule has 21 fully saturated rings. The zero-order valence-electron chi connectivity index (χ0n) is 84.6. The standard InChI is InChI=1S/C84H154N28O35/c1-15-85-71(120)99-29-36-57-43(106-78(127)92-22-8)50(113)64(134-36)142-58-37(30-100-72(121)86-16-2)136-66(52(115)45(58)108-80(129)94-24-10)144-60-39(32-102-74(123)88-18-4)138-68(54(117)47(60)110-82(131)96-26-12)146-62-41(34-104-76(125)90-20-6)140-70(56(119)49(62)112-84(133)98-28-14)147-63-42(35-105-77(126)91-21-7)139-69(55(118)48(63)111-83(132)97-27-13)145-61-40(33-103-75(124)89-19-5)137-67(53(116)46(61)109-81(130)95-25-11)143-59-38(31-101-73(122)87-17-3)135-65(141-57)51(114)44(59)107-79(128)93-23-9/h36-70,113-119H,15-35H2,1-14H3,(H2,85,99,120)(H2,86,100,121)(H2,87,101,122)(H2,88,102,123)(H2,89,103,124)(H2,90,104,125)(H2,91,105,126)(H2,92,106,127)(H2,93,107,128)(H2,94,108,129)(H2,95,109,130)(H2,96,110,131)(H2,97,111,132)(H2,98,112,133)/t36-,37-,38-,39-,40-,41-,42-,43+,44+,45+,46+,47+,48+,49+,50+,51+,52+,53+,54+,55+,56+,57-,58-,59-,60-,61-,62-,63-,64-,65-,66-,67-,68-,69-,70-/m1/s1. The predicted octanol–water partition coefficient (Wildman–Crippen LogP) is -10.7. The minimum atomic E-state index is -2.35. The summed E-state index contributed by atoms with van der Waals surface area (Å²) in [7, 11) is 0. The molecule has 840 valence electrons. The van der Waals surface area contributed by atoms with Crippen LogP contribution in [0.4, 0.5) is 67.1 Å². The highest BCUT2D eigenvalue weighted by Gasteiger charge is 2.62. The van der Waals surface area contributed by atoms with Gasteiger partial charge in [-0.15, -0.1) is 0 Å². The molecule has 0 spiro atoms. The number of hydrogen-bond donors (Lipinski definition) is 35. The number of rotatable bonds is 35. The Balaban J connectivity index is 1.47. The number of amides is 28. The lowest BCUT2D eigenvalue weighted by Gasteiger charge is -2.52. The van der Waals surface area contributed by atoms with Gasteiger partial charge in [-0.1, -0.05) is 0 Å². The predicted molar refractivity (Wildman–Crippen MR) is 508 cm³/mol. The molecule has 28 amide bonds. The molecule has 0 aromatic heterocycles. The van der Waals surface area contributed by atoms with Crippen molar-refractivity contribution in [2.24, 2.45) is 0 Å². The van der Waals surface area contributed by atoms with Crippen LogP contribution in [0.25, 0.3) is 0 Å². The molecule has 0 aliphatic carbocycles. The molecule has 35 N–H and O–H groups in total. The van der Waals surface area contributed by atoms with E-state index in [2.05, 4.69) is 149 Å². The first-order valence-corrected chi connectivity index (χ1v) is 49.8. The summed E-state index contributed by atoms with van der Waals surface area (Å²) in [6.07, 6.45) is -59.1. The number of carbonyl (C=O) groups is 14. The minimum absolute atomic E-state index is 0.0132. The van der Waals surface area contributed by atoms with Crippen molar-refractivity contribution in [3.05, 3.63) is 0 Å². The number of ether oxygens (including phenoxy) is 14. The van der Waals surface area contributed by atoms with Crippen LogP contribution in [-0.4, -0.2) is 472 Å². The van der Waals surface area contributed by atoms with Crippen molar-refractivity contribution in [3.8, 4) is 0 Å². The summed E-state index contributed by atoms with van der Waals surface area (Å²) in [5.41, 5.74) is 0. The van der Waals surface area contributed by atoms with E-state index in [1.807, 2.05) is 0 Å². The Hall–Kier alpha value is -11.1. The molecule has 147 heavy (non-hydrogen) atoms. The molecule has 0 saturated carbocycles. The quantitative estimate of drug-likeness (QED) is 0.0280. The summed E-state index contributed by atoms with van der Waals surface area (Å²) in [5, 5.41) is 166. The van der Waals surface area contributed by atoms with E-state index < -0.39 is 345 Å². The number of nitrogens with one attached hydrogen (secondary N) is 28. The van der Waals surface area contributed by atoms with Crippen LogP contribution in [0.2, 0.25) is 0 Å². The summed E-state index contributed by atoms with van der Waals surface area (Å²) in [4.78, 5) is 198. The van der Waals surface area contributed by atoms with Gasteiger partial charge in [0.1, 0.15) is 128 Å². The van der Waals surface area contributed by atoms with Crippen molar-refractivity contribution in [3.63, 3.8) is 0 Å².